The zero-order valence-corrected chi connectivity index (χ0v) is 12.2. The van der Waals surface area contributed by atoms with Gasteiger partial charge in [-0.2, -0.15) is 0 Å². The summed E-state index contributed by atoms with van der Waals surface area (Å²) in [7, 11) is 0.748. The van der Waals surface area contributed by atoms with E-state index in [-0.39, 0.29) is 19.0 Å². The number of benzene rings is 1. The van der Waals surface area contributed by atoms with E-state index in [4.69, 9.17) is 21.0 Å². The van der Waals surface area contributed by atoms with Crippen molar-refractivity contribution in [3.63, 3.8) is 0 Å². The molecule has 1 unspecified atom stereocenters. The van der Waals surface area contributed by atoms with Gasteiger partial charge in [0.05, 0.1) is 12.2 Å². The van der Waals surface area contributed by atoms with Gasteiger partial charge in [-0.1, -0.05) is 20.9 Å². The normalized spacial score (nSPS) is 11.1. The van der Waals surface area contributed by atoms with Crippen LogP contribution < -0.4 is 15.6 Å². The highest BCUT2D eigenvalue weighted by Crippen LogP contribution is 2.25. The monoisotopic (exact) mass is 283 g/mol. The molecule has 0 saturated heterocycles. The molecule has 0 saturated carbocycles. The minimum absolute atomic E-state index is 0.0112. The smallest absolute Gasteiger partial charge is 0.133 e. The lowest BCUT2D eigenvalue weighted by Gasteiger charge is -2.14. The molecular formula is C13H22N3O2P. The van der Waals surface area contributed by atoms with E-state index in [1.54, 1.807) is 6.07 Å². The second kappa shape index (κ2) is 8.86. The topological polar surface area (TPSA) is 91.4 Å². The number of aliphatic hydroxyl groups is 1. The number of aliphatic hydroxyl groups excluding tert-OH is 1. The molecule has 106 valence electrons. The molecule has 0 fully saturated rings. The van der Waals surface area contributed by atoms with Gasteiger partial charge in [-0.25, -0.2) is 0 Å². The van der Waals surface area contributed by atoms with E-state index in [1.165, 1.54) is 0 Å². The molecule has 1 rings (SSSR count). The number of amidine groups is 1. The van der Waals surface area contributed by atoms with Crippen LogP contribution in [0.3, 0.4) is 0 Å². The summed E-state index contributed by atoms with van der Waals surface area (Å²) in [5.74, 6) is 0.617. The Hall–Kier alpha value is -1.16. The molecule has 0 spiro atoms. The molecule has 1 atom stereocenters. The molecule has 5 nitrogen and oxygen atoms in total. The van der Waals surface area contributed by atoms with E-state index in [2.05, 4.69) is 11.8 Å². The predicted octanol–water partition coefficient (Wildman–Crippen LogP) is 1.09. The van der Waals surface area contributed by atoms with Crippen LogP contribution in [0.25, 0.3) is 0 Å². The molecule has 5 N–H and O–H groups in total. The minimum atomic E-state index is -0.0514. The lowest BCUT2D eigenvalue weighted by atomic mass is 10.0. The Kier molecular flexibility index (Phi) is 7.41. The molecule has 0 amide bonds. The average molecular weight is 283 g/mol. The van der Waals surface area contributed by atoms with Crippen LogP contribution in [0.1, 0.15) is 17.5 Å². The van der Waals surface area contributed by atoms with Crippen LogP contribution >= 0.6 is 8.73 Å². The lowest BCUT2D eigenvalue weighted by molar-refractivity contribution is 0.200. The maximum absolute atomic E-state index is 8.87. The van der Waals surface area contributed by atoms with Crippen LogP contribution in [-0.4, -0.2) is 37.4 Å². The highest BCUT2D eigenvalue weighted by molar-refractivity contribution is 7.34. The Bertz CT molecular complexity index is 413. The zero-order valence-electron chi connectivity index (χ0n) is 11.2. The molecule has 0 radical (unpaired) electrons. The van der Waals surface area contributed by atoms with Crippen molar-refractivity contribution >= 4 is 14.6 Å². The molecule has 0 aliphatic rings. The molecule has 1 aromatic rings. The lowest BCUT2D eigenvalue weighted by Crippen LogP contribution is -2.16. The molecule has 19 heavy (non-hydrogen) atoms. The molecule has 0 aliphatic heterocycles. The maximum atomic E-state index is 8.87. The van der Waals surface area contributed by atoms with Crippen LogP contribution in [0.2, 0.25) is 0 Å². The second-order valence-electron chi connectivity index (χ2n) is 4.06. The van der Waals surface area contributed by atoms with Crippen molar-refractivity contribution in [1.82, 2.24) is 5.09 Å². The molecule has 0 heterocycles. The van der Waals surface area contributed by atoms with Gasteiger partial charge in [-0.05, 0) is 37.7 Å². The first-order chi connectivity index (χ1) is 9.20. The van der Waals surface area contributed by atoms with Crippen molar-refractivity contribution in [2.75, 3.05) is 26.4 Å². The Morgan fingerprint density at radius 1 is 1.53 bits per heavy atom. The van der Waals surface area contributed by atoms with Gasteiger partial charge in [0.25, 0.3) is 0 Å². The number of ether oxygens (including phenoxy) is 1. The molecule has 1 aromatic carbocycles. The van der Waals surface area contributed by atoms with Crippen molar-refractivity contribution in [2.45, 2.75) is 12.8 Å². The predicted molar refractivity (Wildman–Crippen MR) is 80.6 cm³/mol. The van der Waals surface area contributed by atoms with E-state index in [9.17, 15) is 0 Å². The number of hydrogen-bond donors (Lipinski definition) is 4. The average Bonchev–Trinajstić information content (AvgIpc) is 2.41. The van der Waals surface area contributed by atoms with Crippen molar-refractivity contribution in [3.8, 4) is 5.75 Å². The summed E-state index contributed by atoms with van der Waals surface area (Å²) in [6, 6.07) is 5.63. The number of nitrogen functional groups attached to an aromatic ring is 1. The summed E-state index contributed by atoms with van der Waals surface area (Å²) in [5.41, 5.74) is 7.18. The SMILES string of the molecule is CPNCCCc1cccc(C(=N)N)c1OCCO. The Morgan fingerprint density at radius 2 is 2.32 bits per heavy atom. The van der Waals surface area contributed by atoms with Crippen molar-refractivity contribution in [3.05, 3.63) is 29.3 Å². The van der Waals surface area contributed by atoms with Gasteiger partial charge in [0.1, 0.15) is 18.2 Å². The van der Waals surface area contributed by atoms with Crippen molar-refractivity contribution < 1.29 is 9.84 Å². The third kappa shape index (κ3) is 5.15. The van der Waals surface area contributed by atoms with Gasteiger partial charge in [0.2, 0.25) is 0 Å². The van der Waals surface area contributed by atoms with Gasteiger partial charge in [0.15, 0.2) is 0 Å². The van der Waals surface area contributed by atoms with Gasteiger partial charge >= 0.3 is 0 Å². The van der Waals surface area contributed by atoms with E-state index < -0.39 is 0 Å². The van der Waals surface area contributed by atoms with Gasteiger partial charge < -0.3 is 15.6 Å². The molecular weight excluding hydrogens is 261 g/mol. The third-order valence-corrected chi connectivity index (χ3v) is 3.25. The molecule has 0 aromatic heterocycles. The van der Waals surface area contributed by atoms with Gasteiger partial charge in [-0.15, -0.1) is 0 Å². The Morgan fingerprint density at radius 3 is 2.95 bits per heavy atom. The van der Waals surface area contributed by atoms with Gasteiger partial charge in [0, 0.05) is 0 Å². The second-order valence-corrected chi connectivity index (χ2v) is 4.91. The van der Waals surface area contributed by atoms with Crippen LogP contribution in [0.15, 0.2) is 18.2 Å². The van der Waals surface area contributed by atoms with E-state index >= 15 is 0 Å². The summed E-state index contributed by atoms with van der Waals surface area (Å²) in [4.78, 5) is 0. The van der Waals surface area contributed by atoms with Crippen molar-refractivity contribution in [1.29, 1.82) is 5.41 Å². The quantitative estimate of drug-likeness (QED) is 0.236. The Balaban J connectivity index is 2.82. The maximum Gasteiger partial charge on any atom is 0.133 e. The fourth-order valence-electron chi connectivity index (χ4n) is 1.80. The first-order valence-corrected chi connectivity index (χ1v) is 7.80. The Labute approximate surface area is 115 Å². The minimum Gasteiger partial charge on any atom is -0.490 e. The highest BCUT2D eigenvalue weighted by atomic mass is 31.1. The summed E-state index contributed by atoms with van der Waals surface area (Å²) >= 11 is 0. The van der Waals surface area contributed by atoms with E-state index in [1.807, 2.05) is 12.1 Å². The third-order valence-electron chi connectivity index (χ3n) is 2.65. The number of hydrogen-bond acceptors (Lipinski definition) is 4. The standard InChI is InChI=1S/C13H22N3O2P/c1-19-16-7-3-5-10-4-2-6-11(13(14)15)12(10)18-9-8-17/h2,4,6,16-17,19H,3,5,7-9H2,1H3,(H3,14,15). The highest BCUT2D eigenvalue weighted by Gasteiger charge is 2.11. The van der Waals surface area contributed by atoms with Crippen molar-refractivity contribution in [2.24, 2.45) is 5.73 Å². The number of nitrogens with two attached hydrogens (primary N) is 1. The fraction of sp³-hybridized carbons (Fsp3) is 0.462. The van der Waals surface area contributed by atoms with Gasteiger partial charge in [-0.3, -0.25) is 10.5 Å². The summed E-state index contributed by atoms with van der Waals surface area (Å²) in [5, 5.41) is 19.7. The molecule has 6 heteroatoms. The van der Waals surface area contributed by atoms with E-state index in [0.717, 1.165) is 33.7 Å². The van der Waals surface area contributed by atoms with Crippen LogP contribution in [0, 0.1) is 5.41 Å². The first-order valence-electron chi connectivity index (χ1n) is 6.30. The van der Waals surface area contributed by atoms with Crippen LogP contribution in [-0.2, 0) is 6.42 Å². The number of nitrogens with one attached hydrogen (secondary N) is 2. The number of aryl methyl sites for hydroxylation is 1. The van der Waals surface area contributed by atoms with E-state index in [0.29, 0.717) is 11.3 Å². The fourth-order valence-corrected chi connectivity index (χ4v) is 2.23. The molecule has 0 aliphatic carbocycles. The van der Waals surface area contributed by atoms with Crippen LogP contribution in [0.5, 0.6) is 5.75 Å². The summed E-state index contributed by atoms with van der Waals surface area (Å²) in [6.07, 6.45) is 1.86. The number of para-hydroxylation sites is 1. The first kappa shape index (κ1) is 15.9. The zero-order chi connectivity index (χ0) is 14.1. The largest absolute Gasteiger partial charge is 0.490 e. The molecule has 0 bridgehead atoms. The number of rotatable bonds is 9. The summed E-state index contributed by atoms with van der Waals surface area (Å²) < 4.78 is 5.55. The van der Waals surface area contributed by atoms with Crippen LogP contribution in [0.4, 0.5) is 0 Å². The summed E-state index contributed by atoms with van der Waals surface area (Å²) in [6.45, 7) is 3.22.